The van der Waals surface area contributed by atoms with E-state index in [2.05, 4.69) is 59.7 Å². The number of rotatable bonds is 9. The van der Waals surface area contributed by atoms with Crippen molar-refractivity contribution < 1.29 is 14.0 Å². The van der Waals surface area contributed by atoms with Gasteiger partial charge in [-0.1, -0.05) is 60.7 Å². The molecule has 0 aromatic heterocycles. The maximum atomic E-state index is 13.8. The molecule has 1 aliphatic heterocycles. The predicted octanol–water partition coefficient (Wildman–Crippen LogP) is 5.19. The van der Waals surface area contributed by atoms with Gasteiger partial charge in [0.1, 0.15) is 5.82 Å². The number of nitrogens with one attached hydrogen (secondary N) is 2. The number of amides is 2. The molecule has 0 bridgehead atoms. The highest BCUT2D eigenvalue weighted by Gasteiger charge is 2.61. The highest BCUT2D eigenvalue weighted by molar-refractivity contribution is 5.92. The first-order valence-electron chi connectivity index (χ1n) is 14.4. The smallest absolute Gasteiger partial charge is 0.231 e. The summed E-state index contributed by atoms with van der Waals surface area (Å²) in [6.07, 6.45) is 3.16. The molecule has 3 aromatic carbocycles. The molecule has 3 aromatic rings. The minimum atomic E-state index is -0.535. The number of aryl methyl sites for hydroxylation is 2. The summed E-state index contributed by atoms with van der Waals surface area (Å²) < 4.78 is 13.3. The van der Waals surface area contributed by atoms with Crippen molar-refractivity contribution in [1.29, 1.82) is 0 Å². The maximum absolute atomic E-state index is 13.8. The van der Waals surface area contributed by atoms with Gasteiger partial charge < -0.3 is 15.5 Å². The Labute approximate surface area is 237 Å². The Morgan fingerprint density at radius 3 is 2.27 bits per heavy atom. The zero-order valence-corrected chi connectivity index (χ0v) is 23.8. The normalized spacial score (nSPS) is 21.9. The Morgan fingerprint density at radius 2 is 1.62 bits per heavy atom. The van der Waals surface area contributed by atoms with Crippen LogP contribution in [0.2, 0.25) is 0 Å². The van der Waals surface area contributed by atoms with Crippen LogP contribution in [-0.2, 0) is 27.0 Å². The van der Waals surface area contributed by atoms with Crippen molar-refractivity contribution in [3.05, 3.63) is 106 Å². The first kappa shape index (κ1) is 28.0. The molecule has 1 aliphatic carbocycles. The van der Waals surface area contributed by atoms with E-state index in [1.807, 2.05) is 18.2 Å². The number of carbonyl (C=O) groups excluding carboxylic acids is 2. The molecule has 6 heteroatoms. The largest absolute Gasteiger partial charge is 0.355 e. The molecular weight excluding hydrogens is 501 g/mol. The highest BCUT2D eigenvalue weighted by Crippen LogP contribution is 2.55. The molecule has 1 saturated heterocycles. The lowest BCUT2D eigenvalue weighted by atomic mass is 9.80. The van der Waals surface area contributed by atoms with E-state index in [9.17, 15) is 14.0 Å². The third-order valence-electron chi connectivity index (χ3n) is 9.07. The molecule has 5 nitrogen and oxygen atoms in total. The summed E-state index contributed by atoms with van der Waals surface area (Å²) in [4.78, 5) is 28.4. The van der Waals surface area contributed by atoms with Gasteiger partial charge in [0.25, 0.3) is 0 Å². The number of carbonyl (C=O) groups is 2. The second-order valence-corrected chi connectivity index (χ2v) is 11.7. The van der Waals surface area contributed by atoms with Crippen LogP contribution in [0.4, 0.5) is 4.39 Å². The monoisotopic (exact) mass is 541 g/mol. The topological polar surface area (TPSA) is 61.4 Å². The van der Waals surface area contributed by atoms with Crippen molar-refractivity contribution in [3.8, 4) is 0 Å². The van der Waals surface area contributed by atoms with Crippen molar-refractivity contribution in [2.75, 3.05) is 26.2 Å². The van der Waals surface area contributed by atoms with Gasteiger partial charge >= 0.3 is 0 Å². The standard InChI is InChI=1S/C34H40FN3O2/c1-24-9-12-29(21-25(24)2)34(32(40)36-18-15-27-10-13-31(35)14-11-27)22-30(34)23-38-19-16-33(17-20-38,37-26(3)39)28-7-5-4-6-8-28/h4-14,21,30H,15-20,22-23H2,1-3H3,(H,36,40)(H,37,39)/t30-,34+/m0/s1. The second kappa shape index (κ2) is 11.5. The average Bonchev–Trinajstić information content (AvgIpc) is 3.67. The minimum absolute atomic E-state index is 0.00874. The summed E-state index contributed by atoms with van der Waals surface area (Å²) in [5.74, 6) is 0.0471. The van der Waals surface area contributed by atoms with E-state index in [-0.39, 0.29) is 29.1 Å². The van der Waals surface area contributed by atoms with Crippen molar-refractivity contribution in [2.45, 2.75) is 57.4 Å². The molecule has 1 heterocycles. The number of benzene rings is 3. The van der Waals surface area contributed by atoms with Gasteiger partial charge in [0.05, 0.1) is 11.0 Å². The fourth-order valence-electron chi connectivity index (χ4n) is 6.47. The summed E-state index contributed by atoms with van der Waals surface area (Å²) in [5.41, 5.74) is 4.78. The Balaban J connectivity index is 1.28. The number of hydrogen-bond acceptors (Lipinski definition) is 3. The van der Waals surface area contributed by atoms with E-state index in [1.54, 1.807) is 19.1 Å². The highest BCUT2D eigenvalue weighted by atomic mass is 19.1. The maximum Gasteiger partial charge on any atom is 0.231 e. The quantitative estimate of drug-likeness (QED) is 0.392. The number of likely N-dealkylation sites (tertiary alicyclic amines) is 1. The van der Waals surface area contributed by atoms with Crippen molar-refractivity contribution in [2.24, 2.45) is 5.92 Å². The van der Waals surface area contributed by atoms with Crippen molar-refractivity contribution >= 4 is 11.8 Å². The van der Waals surface area contributed by atoms with Gasteiger partial charge in [-0.15, -0.1) is 0 Å². The van der Waals surface area contributed by atoms with Crippen LogP contribution in [0, 0.1) is 25.6 Å². The summed E-state index contributed by atoms with van der Waals surface area (Å²) in [5, 5.41) is 6.47. The summed E-state index contributed by atoms with van der Waals surface area (Å²) in [6.45, 7) is 8.88. The van der Waals surface area contributed by atoms with Crippen LogP contribution in [0.25, 0.3) is 0 Å². The molecule has 2 atom stereocenters. The van der Waals surface area contributed by atoms with Gasteiger partial charge in [-0.2, -0.15) is 0 Å². The van der Waals surface area contributed by atoms with Crippen LogP contribution in [0.1, 0.15) is 54.0 Å². The lowest BCUT2D eigenvalue weighted by Crippen LogP contribution is -2.53. The molecule has 40 heavy (non-hydrogen) atoms. The molecular formula is C34H40FN3O2. The van der Waals surface area contributed by atoms with Crippen LogP contribution in [0.3, 0.4) is 0 Å². The first-order chi connectivity index (χ1) is 19.2. The number of nitrogens with zero attached hydrogens (tertiary/aromatic N) is 1. The Bertz CT molecular complexity index is 1350. The molecule has 210 valence electrons. The van der Waals surface area contributed by atoms with E-state index in [0.29, 0.717) is 13.0 Å². The third kappa shape index (κ3) is 5.83. The number of halogens is 1. The summed E-state index contributed by atoms with van der Waals surface area (Å²) in [6, 6.07) is 23.2. The van der Waals surface area contributed by atoms with Crippen molar-refractivity contribution in [3.63, 3.8) is 0 Å². The lowest BCUT2D eigenvalue weighted by molar-refractivity contribution is -0.124. The van der Waals surface area contributed by atoms with Gasteiger partial charge in [-0.3, -0.25) is 9.59 Å². The van der Waals surface area contributed by atoms with Crippen molar-refractivity contribution in [1.82, 2.24) is 15.5 Å². The fraction of sp³-hybridized carbons (Fsp3) is 0.412. The number of hydrogen-bond donors (Lipinski definition) is 2. The van der Waals surface area contributed by atoms with E-state index < -0.39 is 5.41 Å². The van der Waals surface area contributed by atoms with Crippen LogP contribution in [-0.4, -0.2) is 42.9 Å². The Kier molecular flexibility index (Phi) is 8.09. The van der Waals surface area contributed by atoms with Gasteiger partial charge in [-0.05, 0) is 85.4 Å². The second-order valence-electron chi connectivity index (χ2n) is 11.7. The fourth-order valence-corrected chi connectivity index (χ4v) is 6.47. The van der Waals surface area contributed by atoms with E-state index >= 15 is 0 Å². The molecule has 1 saturated carbocycles. The number of piperidine rings is 1. The molecule has 2 fully saturated rings. The van der Waals surface area contributed by atoms with Gasteiger partial charge in [0, 0.05) is 33.1 Å². The van der Waals surface area contributed by atoms with E-state index in [4.69, 9.17) is 0 Å². The molecule has 0 radical (unpaired) electrons. The van der Waals surface area contributed by atoms with Gasteiger partial charge in [0.2, 0.25) is 11.8 Å². The van der Waals surface area contributed by atoms with E-state index in [0.717, 1.165) is 55.6 Å². The molecule has 5 rings (SSSR count). The summed E-state index contributed by atoms with van der Waals surface area (Å²) in [7, 11) is 0. The van der Waals surface area contributed by atoms with Crippen LogP contribution >= 0.6 is 0 Å². The minimum Gasteiger partial charge on any atom is -0.355 e. The van der Waals surface area contributed by atoms with Crippen LogP contribution < -0.4 is 10.6 Å². The molecule has 0 unspecified atom stereocenters. The Hall–Kier alpha value is -3.51. The molecule has 0 spiro atoms. The molecule has 2 N–H and O–H groups in total. The SMILES string of the molecule is CC(=O)NC1(c2ccccc2)CCN(C[C@@H]2C[C@@]2(C(=O)NCCc2ccc(F)cc2)c2ccc(C)c(C)c2)CC1. The predicted molar refractivity (Wildman–Crippen MR) is 156 cm³/mol. The lowest BCUT2D eigenvalue weighted by Gasteiger charge is -2.43. The zero-order valence-electron chi connectivity index (χ0n) is 23.8. The Morgan fingerprint density at radius 1 is 0.925 bits per heavy atom. The third-order valence-corrected chi connectivity index (χ3v) is 9.07. The van der Waals surface area contributed by atoms with Gasteiger partial charge in [0.15, 0.2) is 0 Å². The van der Waals surface area contributed by atoms with Crippen LogP contribution in [0.5, 0.6) is 0 Å². The average molecular weight is 542 g/mol. The van der Waals surface area contributed by atoms with Crippen LogP contribution in [0.15, 0.2) is 72.8 Å². The molecule has 2 aliphatic rings. The summed E-state index contributed by atoms with van der Waals surface area (Å²) >= 11 is 0. The van der Waals surface area contributed by atoms with Gasteiger partial charge in [-0.25, -0.2) is 4.39 Å². The zero-order chi connectivity index (χ0) is 28.3. The first-order valence-corrected chi connectivity index (χ1v) is 14.4. The van der Waals surface area contributed by atoms with E-state index in [1.165, 1.54) is 23.3 Å². The molecule has 2 amide bonds.